The molecule has 6 heavy (non-hydrogen) atoms. The quantitative estimate of drug-likeness (QED) is 0.250. The number of rotatable bonds is 0. The summed E-state index contributed by atoms with van der Waals surface area (Å²) in [5.74, 6) is 0. The zero-order valence-corrected chi connectivity index (χ0v) is 3.13. The van der Waals surface area contributed by atoms with E-state index in [0.717, 1.165) is 0 Å². The van der Waals surface area contributed by atoms with E-state index >= 15 is 0 Å². The third-order valence-electron chi connectivity index (χ3n) is 0.0714. The first kappa shape index (κ1) is 9.46. The fourth-order valence-corrected chi connectivity index (χ4v) is 0. The van der Waals surface area contributed by atoms with Crippen LogP contribution in [0.3, 0.4) is 0 Å². The summed E-state index contributed by atoms with van der Waals surface area (Å²) in [6.07, 6.45) is -2.30. The van der Waals surface area contributed by atoms with Gasteiger partial charge in [0.15, 0.2) is 0 Å². The van der Waals surface area contributed by atoms with Gasteiger partial charge in [0.1, 0.15) is 6.08 Å². The second kappa shape index (κ2) is 5.13. The average Bonchev–Trinajstić information content (AvgIpc) is 1.38. The van der Waals surface area contributed by atoms with Crippen LogP contribution in [0.1, 0.15) is 0 Å². The molecule has 0 aliphatic heterocycles. The Morgan fingerprint density at radius 1 is 1.33 bits per heavy atom. The van der Waals surface area contributed by atoms with E-state index in [1.165, 1.54) is 0 Å². The van der Waals surface area contributed by atoms with Gasteiger partial charge in [-0.2, -0.15) is 0 Å². The van der Waals surface area contributed by atoms with Gasteiger partial charge >= 0.3 is 18.9 Å². The molecule has 0 saturated carbocycles. The summed E-state index contributed by atoms with van der Waals surface area (Å²) in [4.78, 5) is 0. The van der Waals surface area contributed by atoms with Gasteiger partial charge in [0, 0.05) is 0 Å². The summed E-state index contributed by atoms with van der Waals surface area (Å²) in [5, 5.41) is 0. The molecule has 0 N–H and O–H groups in total. The first-order valence-electron chi connectivity index (χ1n) is 0.817. The third kappa shape index (κ3) is 8.92. The van der Waals surface area contributed by atoms with Crippen LogP contribution in [0.5, 0.6) is 0 Å². The maximum atomic E-state index is 10.2. The van der Waals surface area contributed by atoms with E-state index in [2.05, 4.69) is 0 Å². The standard InChI is InChI=1S/C2F3.Li/c3-1-2(4)5;/q-1;+1. The van der Waals surface area contributed by atoms with Crippen molar-refractivity contribution in [2.45, 2.75) is 0 Å². The summed E-state index contributed by atoms with van der Waals surface area (Å²) in [6, 6.07) is 0. The Morgan fingerprint density at radius 3 is 1.50 bits per heavy atom. The van der Waals surface area contributed by atoms with Crippen molar-refractivity contribution in [3.63, 3.8) is 0 Å². The monoisotopic (exact) mass is 88.0 g/mol. The smallest absolute Gasteiger partial charge is 0.453 e. The van der Waals surface area contributed by atoms with E-state index in [1.54, 1.807) is 0 Å². The van der Waals surface area contributed by atoms with Crippen molar-refractivity contribution < 1.29 is 32.0 Å². The molecule has 0 radical (unpaired) electrons. The Kier molecular flexibility index (Phi) is 8.08. The van der Waals surface area contributed by atoms with Gasteiger partial charge in [-0.15, -0.1) is 0 Å². The fourth-order valence-electron chi connectivity index (χ4n) is 0. The molecule has 0 nitrogen and oxygen atoms in total. The Balaban J connectivity index is 0. The van der Waals surface area contributed by atoms with Crippen LogP contribution >= 0.6 is 0 Å². The first-order valence-corrected chi connectivity index (χ1v) is 0.817. The molecule has 0 bridgehead atoms. The topological polar surface area (TPSA) is 0 Å². The third-order valence-corrected chi connectivity index (χ3v) is 0.0714. The van der Waals surface area contributed by atoms with Gasteiger partial charge in [-0.1, -0.05) is 0 Å². The molecule has 4 heteroatoms. The van der Waals surface area contributed by atoms with Gasteiger partial charge in [-0.05, 0) is 0 Å². The molecule has 0 saturated heterocycles. The predicted octanol–water partition coefficient (Wildman–Crippen LogP) is -1.50. The molecule has 0 fully saturated rings. The molecular weight excluding hydrogens is 88.0 g/mol. The second-order valence-corrected chi connectivity index (χ2v) is 0.355. The van der Waals surface area contributed by atoms with Crippen LogP contribution in [-0.4, -0.2) is 0 Å². The summed E-state index contributed by atoms with van der Waals surface area (Å²) in [6.45, 7) is 0. The van der Waals surface area contributed by atoms with Crippen LogP contribution in [-0.2, 0) is 0 Å². The molecule has 0 rings (SSSR count). The second-order valence-electron chi connectivity index (χ2n) is 0.355. The summed E-state index contributed by atoms with van der Waals surface area (Å²) >= 11 is 0. The van der Waals surface area contributed by atoms with E-state index < -0.39 is 6.08 Å². The number of hydrogen-bond donors (Lipinski definition) is 0. The van der Waals surface area contributed by atoms with Gasteiger partial charge in [0.2, 0.25) is 0 Å². The van der Waals surface area contributed by atoms with Crippen LogP contribution in [0, 0.1) is 6.33 Å². The molecule has 0 aromatic heterocycles. The van der Waals surface area contributed by atoms with Crippen molar-refractivity contribution in [1.29, 1.82) is 0 Å². The van der Waals surface area contributed by atoms with Crippen molar-refractivity contribution >= 4 is 0 Å². The first-order chi connectivity index (χ1) is 2.27. The zero-order chi connectivity index (χ0) is 4.28. The van der Waals surface area contributed by atoms with Crippen LogP contribution in [0.15, 0.2) is 6.08 Å². The van der Waals surface area contributed by atoms with Crippen molar-refractivity contribution in [1.82, 2.24) is 0 Å². The summed E-state index contributed by atoms with van der Waals surface area (Å²) in [7, 11) is 0. The summed E-state index contributed by atoms with van der Waals surface area (Å²) in [5.41, 5.74) is 0. The van der Waals surface area contributed by atoms with E-state index in [9.17, 15) is 13.2 Å². The molecule has 0 unspecified atom stereocenters. The Labute approximate surface area is 45.2 Å². The van der Waals surface area contributed by atoms with Crippen LogP contribution in [0.4, 0.5) is 13.2 Å². The molecule has 0 aliphatic rings. The molecule has 30 valence electrons. The normalized spacial score (nSPS) is 5.83. The fraction of sp³-hybridized carbons (Fsp3) is 0. The minimum atomic E-state index is -2.41. The average molecular weight is 88.0 g/mol. The Morgan fingerprint density at radius 2 is 1.50 bits per heavy atom. The van der Waals surface area contributed by atoms with Gasteiger partial charge < -0.3 is 4.39 Å². The van der Waals surface area contributed by atoms with Crippen LogP contribution < -0.4 is 18.9 Å². The number of hydrogen-bond acceptors (Lipinski definition) is 0. The van der Waals surface area contributed by atoms with Crippen molar-refractivity contribution in [2.24, 2.45) is 0 Å². The maximum absolute atomic E-state index is 10.2. The van der Waals surface area contributed by atoms with Crippen molar-refractivity contribution in [2.75, 3.05) is 0 Å². The molecule has 0 amide bonds. The predicted molar refractivity (Wildman–Crippen MR) is 10.1 cm³/mol. The van der Waals surface area contributed by atoms with Crippen molar-refractivity contribution in [3.05, 3.63) is 12.4 Å². The molecule has 0 spiro atoms. The minimum Gasteiger partial charge on any atom is -0.453 e. The molecular formula is C2F3Li. The van der Waals surface area contributed by atoms with Gasteiger partial charge in [-0.3, -0.25) is 0 Å². The molecule has 0 aliphatic carbocycles. The molecule has 0 aromatic rings. The minimum absolute atomic E-state index is 0. The van der Waals surface area contributed by atoms with Crippen LogP contribution in [0.25, 0.3) is 0 Å². The number of halogens is 3. The van der Waals surface area contributed by atoms with E-state index in [-0.39, 0.29) is 25.2 Å². The van der Waals surface area contributed by atoms with Gasteiger partial charge in [0.05, 0.1) is 0 Å². The van der Waals surface area contributed by atoms with E-state index in [0.29, 0.717) is 0 Å². The van der Waals surface area contributed by atoms with Gasteiger partial charge in [-0.25, -0.2) is 15.1 Å². The van der Waals surface area contributed by atoms with Gasteiger partial charge in [0.25, 0.3) is 0 Å². The Bertz CT molecular complexity index is 46.8. The molecule has 0 atom stereocenters. The Hall–Kier alpha value is 0.127. The molecule has 0 heterocycles. The SMILES string of the molecule is F[C-]=C(F)F.[Li+]. The van der Waals surface area contributed by atoms with E-state index in [4.69, 9.17) is 0 Å². The van der Waals surface area contributed by atoms with Crippen LogP contribution in [0.2, 0.25) is 0 Å². The molecule has 0 aromatic carbocycles. The van der Waals surface area contributed by atoms with Crippen molar-refractivity contribution in [3.8, 4) is 0 Å². The largest absolute Gasteiger partial charge is 1.00 e. The zero-order valence-electron chi connectivity index (χ0n) is 3.13. The van der Waals surface area contributed by atoms with E-state index in [1.807, 2.05) is 0 Å². The maximum Gasteiger partial charge on any atom is 1.00 e. The summed E-state index contributed by atoms with van der Waals surface area (Å²) < 4.78 is 30.5.